The number of aliphatic hydroxyl groups is 1. The van der Waals surface area contributed by atoms with Crippen molar-refractivity contribution < 1.29 is 9.84 Å². The third-order valence-electron chi connectivity index (χ3n) is 4.11. The maximum atomic E-state index is 9.18. The lowest BCUT2D eigenvalue weighted by Gasteiger charge is -2.27. The zero-order valence-corrected chi connectivity index (χ0v) is 11.4. The first kappa shape index (κ1) is 13.6. The molecule has 5 heteroatoms. The summed E-state index contributed by atoms with van der Waals surface area (Å²) >= 11 is 0. The van der Waals surface area contributed by atoms with E-state index in [1.165, 1.54) is 6.42 Å². The second-order valence-corrected chi connectivity index (χ2v) is 5.67. The van der Waals surface area contributed by atoms with Crippen molar-refractivity contribution in [1.29, 1.82) is 0 Å². The molecule has 1 aliphatic carbocycles. The van der Waals surface area contributed by atoms with Crippen LogP contribution in [0.2, 0.25) is 0 Å². The van der Waals surface area contributed by atoms with Crippen LogP contribution < -0.4 is 10.6 Å². The van der Waals surface area contributed by atoms with Crippen molar-refractivity contribution in [3.05, 3.63) is 0 Å². The summed E-state index contributed by atoms with van der Waals surface area (Å²) in [5.41, 5.74) is 0.0710. The van der Waals surface area contributed by atoms with Crippen LogP contribution in [0.1, 0.15) is 26.2 Å². The van der Waals surface area contributed by atoms with E-state index in [0.717, 1.165) is 44.5 Å². The molecule has 1 aliphatic heterocycles. The number of nitrogens with zero attached hydrogens (tertiary/aromatic N) is 1. The van der Waals surface area contributed by atoms with E-state index in [1.54, 1.807) is 7.05 Å². The minimum atomic E-state index is 0.0710. The van der Waals surface area contributed by atoms with E-state index in [9.17, 15) is 5.11 Å². The lowest BCUT2D eigenvalue weighted by molar-refractivity contribution is 0.127. The topological polar surface area (TPSA) is 65.9 Å². The van der Waals surface area contributed by atoms with E-state index in [-0.39, 0.29) is 12.0 Å². The van der Waals surface area contributed by atoms with Crippen LogP contribution in [0.15, 0.2) is 4.99 Å². The Morgan fingerprint density at radius 3 is 2.83 bits per heavy atom. The molecule has 3 atom stereocenters. The SMILES string of the molecule is CN=C(NCC1(CCO)CCOC1)NC1CC1C. The molecule has 1 saturated heterocycles. The van der Waals surface area contributed by atoms with Gasteiger partial charge in [0.1, 0.15) is 0 Å². The fraction of sp³-hybridized carbons (Fsp3) is 0.923. The zero-order chi connectivity index (χ0) is 13.0. The number of hydrogen-bond donors (Lipinski definition) is 3. The summed E-state index contributed by atoms with van der Waals surface area (Å²) in [6, 6.07) is 0.574. The number of aliphatic hydroxyl groups excluding tert-OH is 1. The van der Waals surface area contributed by atoms with E-state index >= 15 is 0 Å². The molecule has 3 unspecified atom stereocenters. The van der Waals surface area contributed by atoms with Gasteiger partial charge in [0, 0.05) is 38.3 Å². The molecule has 2 aliphatic rings. The van der Waals surface area contributed by atoms with Gasteiger partial charge in [-0.3, -0.25) is 4.99 Å². The normalized spacial score (nSPS) is 35.6. The summed E-state index contributed by atoms with van der Waals surface area (Å²) in [5, 5.41) is 16.0. The Hall–Kier alpha value is -0.810. The third-order valence-corrected chi connectivity index (χ3v) is 4.11. The van der Waals surface area contributed by atoms with Gasteiger partial charge in [0.05, 0.1) is 6.61 Å². The summed E-state index contributed by atoms with van der Waals surface area (Å²) in [6.07, 6.45) is 3.03. The van der Waals surface area contributed by atoms with Crippen LogP contribution in [0.3, 0.4) is 0 Å². The Labute approximate surface area is 109 Å². The molecule has 1 saturated carbocycles. The van der Waals surface area contributed by atoms with Crippen LogP contribution in [-0.4, -0.2) is 50.5 Å². The molecule has 0 bridgehead atoms. The number of rotatable bonds is 5. The Balaban J connectivity index is 1.80. The Morgan fingerprint density at radius 1 is 1.56 bits per heavy atom. The van der Waals surface area contributed by atoms with E-state index in [2.05, 4.69) is 22.5 Å². The van der Waals surface area contributed by atoms with Crippen LogP contribution in [0.4, 0.5) is 0 Å². The molecule has 5 nitrogen and oxygen atoms in total. The highest BCUT2D eigenvalue weighted by molar-refractivity contribution is 5.80. The van der Waals surface area contributed by atoms with Crippen LogP contribution >= 0.6 is 0 Å². The predicted octanol–water partition coefficient (Wildman–Crippen LogP) is 0.349. The first-order valence-corrected chi connectivity index (χ1v) is 6.85. The molecule has 1 heterocycles. The fourth-order valence-electron chi connectivity index (χ4n) is 2.48. The van der Waals surface area contributed by atoms with E-state index < -0.39 is 0 Å². The summed E-state index contributed by atoms with van der Waals surface area (Å²) in [4.78, 5) is 4.25. The summed E-state index contributed by atoms with van der Waals surface area (Å²) in [5.74, 6) is 1.62. The second-order valence-electron chi connectivity index (χ2n) is 5.67. The molecule has 104 valence electrons. The first-order valence-electron chi connectivity index (χ1n) is 6.85. The fourth-order valence-corrected chi connectivity index (χ4v) is 2.48. The highest BCUT2D eigenvalue weighted by Crippen LogP contribution is 2.31. The van der Waals surface area contributed by atoms with Crippen molar-refractivity contribution in [2.75, 3.05) is 33.4 Å². The van der Waals surface area contributed by atoms with Crippen LogP contribution in [0.5, 0.6) is 0 Å². The largest absolute Gasteiger partial charge is 0.396 e. The highest BCUT2D eigenvalue weighted by atomic mass is 16.5. The second kappa shape index (κ2) is 5.89. The molecule has 0 spiro atoms. The average Bonchev–Trinajstić information content (AvgIpc) is 2.87. The van der Waals surface area contributed by atoms with Gasteiger partial charge >= 0.3 is 0 Å². The van der Waals surface area contributed by atoms with Crippen molar-refractivity contribution in [2.45, 2.75) is 32.2 Å². The number of nitrogens with one attached hydrogen (secondary N) is 2. The standard InChI is InChI=1S/C13H25N3O2/c1-10-7-11(10)16-12(14-2)15-8-13(3-5-17)4-6-18-9-13/h10-11,17H,3-9H2,1-2H3,(H2,14,15,16). The molecular formula is C13H25N3O2. The van der Waals surface area contributed by atoms with Gasteiger partial charge in [-0.15, -0.1) is 0 Å². The van der Waals surface area contributed by atoms with Gasteiger partial charge in [0.15, 0.2) is 5.96 Å². The van der Waals surface area contributed by atoms with Gasteiger partial charge in [0.2, 0.25) is 0 Å². The molecule has 0 aromatic rings. The smallest absolute Gasteiger partial charge is 0.191 e. The van der Waals surface area contributed by atoms with E-state index in [4.69, 9.17) is 4.74 Å². The maximum Gasteiger partial charge on any atom is 0.191 e. The molecule has 18 heavy (non-hydrogen) atoms. The van der Waals surface area contributed by atoms with Crippen molar-refractivity contribution in [2.24, 2.45) is 16.3 Å². The number of ether oxygens (including phenoxy) is 1. The van der Waals surface area contributed by atoms with Gasteiger partial charge in [-0.05, 0) is 25.2 Å². The van der Waals surface area contributed by atoms with Crippen molar-refractivity contribution in [3.63, 3.8) is 0 Å². The molecule has 2 fully saturated rings. The molecule has 3 N–H and O–H groups in total. The van der Waals surface area contributed by atoms with Crippen molar-refractivity contribution in [3.8, 4) is 0 Å². The molecule has 0 aromatic heterocycles. The summed E-state index contributed by atoms with van der Waals surface area (Å²) in [7, 11) is 1.80. The average molecular weight is 255 g/mol. The molecule has 2 rings (SSSR count). The van der Waals surface area contributed by atoms with Crippen molar-refractivity contribution >= 4 is 5.96 Å². The quantitative estimate of drug-likeness (QED) is 0.490. The molecule has 0 amide bonds. The Bertz CT molecular complexity index is 301. The van der Waals surface area contributed by atoms with E-state index in [1.807, 2.05) is 0 Å². The van der Waals surface area contributed by atoms with Crippen molar-refractivity contribution in [1.82, 2.24) is 10.6 Å². The van der Waals surface area contributed by atoms with Crippen LogP contribution in [0.25, 0.3) is 0 Å². The number of aliphatic imine (C=N–C) groups is 1. The number of hydrogen-bond acceptors (Lipinski definition) is 3. The zero-order valence-electron chi connectivity index (χ0n) is 11.4. The third kappa shape index (κ3) is 3.36. The van der Waals surface area contributed by atoms with E-state index in [0.29, 0.717) is 6.04 Å². The van der Waals surface area contributed by atoms with Crippen LogP contribution in [-0.2, 0) is 4.74 Å². The minimum absolute atomic E-state index is 0.0710. The molecular weight excluding hydrogens is 230 g/mol. The van der Waals surface area contributed by atoms with Gasteiger partial charge in [-0.25, -0.2) is 0 Å². The van der Waals surface area contributed by atoms with Gasteiger partial charge in [-0.2, -0.15) is 0 Å². The molecule has 0 radical (unpaired) electrons. The predicted molar refractivity (Wildman–Crippen MR) is 71.6 cm³/mol. The summed E-state index contributed by atoms with van der Waals surface area (Å²) < 4.78 is 5.48. The van der Waals surface area contributed by atoms with Gasteiger partial charge < -0.3 is 20.5 Å². The highest BCUT2D eigenvalue weighted by Gasteiger charge is 2.36. The van der Waals surface area contributed by atoms with Gasteiger partial charge in [0.25, 0.3) is 0 Å². The maximum absolute atomic E-state index is 9.18. The van der Waals surface area contributed by atoms with Crippen LogP contribution in [0, 0.1) is 11.3 Å². The minimum Gasteiger partial charge on any atom is -0.396 e. The molecule has 0 aromatic carbocycles. The first-order chi connectivity index (χ1) is 8.69. The Morgan fingerprint density at radius 2 is 2.33 bits per heavy atom. The monoisotopic (exact) mass is 255 g/mol. The lowest BCUT2D eigenvalue weighted by Crippen LogP contribution is -2.45. The van der Waals surface area contributed by atoms with Gasteiger partial charge in [-0.1, -0.05) is 6.92 Å². The Kier molecular flexibility index (Phi) is 4.45. The number of guanidine groups is 1. The lowest BCUT2D eigenvalue weighted by atomic mass is 9.84. The summed E-state index contributed by atoms with van der Waals surface area (Å²) in [6.45, 7) is 4.80.